The van der Waals surface area contributed by atoms with Gasteiger partial charge in [-0.2, -0.15) is 0 Å². The van der Waals surface area contributed by atoms with Crippen molar-refractivity contribution in [3.63, 3.8) is 0 Å². The van der Waals surface area contributed by atoms with Crippen LogP contribution >= 0.6 is 11.3 Å². The van der Waals surface area contributed by atoms with Crippen molar-refractivity contribution in [2.75, 3.05) is 11.9 Å². The highest BCUT2D eigenvalue weighted by Crippen LogP contribution is 2.28. The highest BCUT2D eigenvalue weighted by molar-refractivity contribution is 7.18. The minimum absolute atomic E-state index is 0.0544. The van der Waals surface area contributed by atoms with E-state index in [2.05, 4.69) is 10.6 Å². The molecule has 1 atom stereocenters. The second-order valence-corrected chi connectivity index (χ2v) is 7.62. The van der Waals surface area contributed by atoms with Crippen molar-refractivity contribution < 1.29 is 18.8 Å². The van der Waals surface area contributed by atoms with E-state index in [0.717, 1.165) is 19.3 Å². The molecule has 2 aliphatic rings. The predicted molar refractivity (Wildman–Crippen MR) is 96.2 cm³/mol. The molecule has 3 heterocycles. The zero-order valence-electron chi connectivity index (χ0n) is 14.1. The van der Waals surface area contributed by atoms with Crippen molar-refractivity contribution >= 4 is 34.1 Å². The fraction of sp³-hybridized carbons (Fsp3) is 0.389. The van der Waals surface area contributed by atoms with E-state index in [1.807, 2.05) is 0 Å². The van der Waals surface area contributed by atoms with Gasteiger partial charge in [0.1, 0.15) is 6.04 Å². The van der Waals surface area contributed by atoms with E-state index in [4.69, 9.17) is 4.42 Å². The molecule has 2 fully saturated rings. The third-order valence-electron chi connectivity index (χ3n) is 4.54. The molecule has 2 N–H and O–H groups in total. The summed E-state index contributed by atoms with van der Waals surface area (Å²) in [7, 11) is 0. The summed E-state index contributed by atoms with van der Waals surface area (Å²) < 4.78 is 5.05. The van der Waals surface area contributed by atoms with Crippen molar-refractivity contribution in [2.24, 2.45) is 0 Å². The van der Waals surface area contributed by atoms with Crippen LogP contribution in [-0.4, -0.2) is 41.2 Å². The van der Waals surface area contributed by atoms with Crippen LogP contribution in [0.2, 0.25) is 0 Å². The van der Waals surface area contributed by atoms with Crippen molar-refractivity contribution in [2.45, 2.75) is 37.8 Å². The predicted octanol–water partition coefficient (Wildman–Crippen LogP) is 2.48. The minimum atomic E-state index is -0.397. The smallest absolute Gasteiger partial charge is 0.291 e. The third-order valence-corrected chi connectivity index (χ3v) is 5.53. The molecule has 26 heavy (non-hydrogen) atoms. The largest absolute Gasteiger partial charge is 0.459 e. The van der Waals surface area contributed by atoms with Crippen LogP contribution in [0.5, 0.6) is 0 Å². The zero-order chi connectivity index (χ0) is 18.1. The van der Waals surface area contributed by atoms with Crippen molar-refractivity contribution in [1.82, 2.24) is 10.2 Å². The van der Waals surface area contributed by atoms with Gasteiger partial charge in [0.05, 0.1) is 16.1 Å². The standard InChI is InChI=1S/C18H19N3O4S/c22-16(19-11-5-6-11)12-3-1-9-21(12)18(24)14-7-8-15(26-14)20-17(23)13-4-2-10-25-13/h2,4,7-8,10-12H,1,3,5-6,9H2,(H,19,22)(H,20,23). The number of likely N-dealkylation sites (tertiary alicyclic amines) is 1. The summed E-state index contributed by atoms with van der Waals surface area (Å²) in [6.45, 7) is 0.577. The molecule has 2 aromatic heterocycles. The average molecular weight is 373 g/mol. The van der Waals surface area contributed by atoms with Gasteiger partial charge in [0, 0.05) is 12.6 Å². The molecule has 7 nitrogen and oxygen atoms in total. The Bertz CT molecular complexity index is 825. The quantitative estimate of drug-likeness (QED) is 0.842. The van der Waals surface area contributed by atoms with Gasteiger partial charge in [0.15, 0.2) is 5.76 Å². The number of nitrogens with one attached hydrogen (secondary N) is 2. The van der Waals surface area contributed by atoms with Gasteiger partial charge in [-0.25, -0.2) is 0 Å². The monoisotopic (exact) mass is 373 g/mol. The lowest BCUT2D eigenvalue weighted by molar-refractivity contribution is -0.125. The lowest BCUT2D eigenvalue weighted by atomic mass is 10.2. The van der Waals surface area contributed by atoms with Crippen LogP contribution in [-0.2, 0) is 4.79 Å². The van der Waals surface area contributed by atoms with Gasteiger partial charge < -0.3 is 20.0 Å². The van der Waals surface area contributed by atoms with E-state index in [1.54, 1.807) is 29.2 Å². The van der Waals surface area contributed by atoms with Crippen LogP contribution in [0.4, 0.5) is 5.00 Å². The summed E-state index contributed by atoms with van der Waals surface area (Å²) in [5.74, 6) is -0.371. The summed E-state index contributed by atoms with van der Waals surface area (Å²) in [6, 6.07) is 6.46. The molecule has 0 aromatic carbocycles. The van der Waals surface area contributed by atoms with Crippen LogP contribution < -0.4 is 10.6 Å². The Hall–Kier alpha value is -2.61. The van der Waals surface area contributed by atoms with E-state index in [0.29, 0.717) is 22.8 Å². The van der Waals surface area contributed by atoms with Crippen molar-refractivity contribution in [3.8, 4) is 0 Å². The fourth-order valence-electron chi connectivity index (χ4n) is 3.05. The Labute approximate surface area is 154 Å². The first-order chi connectivity index (χ1) is 12.6. The number of carbonyl (C=O) groups excluding carboxylic acids is 3. The first-order valence-corrected chi connectivity index (χ1v) is 9.49. The molecular weight excluding hydrogens is 354 g/mol. The van der Waals surface area contributed by atoms with E-state index < -0.39 is 6.04 Å². The highest BCUT2D eigenvalue weighted by atomic mass is 32.1. The summed E-state index contributed by atoms with van der Waals surface area (Å²) in [5, 5.41) is 6.26. The molecule has 0 bridgehead atoms. The molecule has 1 saturated heterocycles. The Kier molecular flexibility index (Phi) is 4.50. The molecule has 8 heteroatoms. The van der Waals surface area contributed by atoms with Crippen molar-refractivity contribution in [1.29, 1.82) is 0 Å². The summed E-state index contributed by atoms with van der Waals surface area (Å²) >= 11 is 1.20. The third kappa shape index (κ3) is 3.50. The number of carbonyl (C=O) groups is 3. The van der Waals surface area contributed by atoms with Gasteiger partial charge >= 0.3 is 0 Å². The maximum Gasteiger partial charge on any atom is 0.291 e. The van der Waals surface area contributed by atoms with Crippen molar-refractivity contribution in [3.05, 3.63) is 41.2 Å². The Morgan fingerprint density at radius 3 is 2.73 bits per heavy atom. The topological polar surface area (TPSA) is 91.7 Å². The van der Waals surface area contributed by atoms with E-state index in [-0.39, 0.29) is 29.5 Å². The molecule has 1 saturated carbocycles. The summed E-state index contributed by atoms with van der Waals surface area (Å²) in [4.78, 5) is 39.3. The van der Waals surface area contributed by atoms with Gasteiger partial charge in [-0.1, -0.05) is 0 Å². The molecule has 3 amide bonds. The number of thiophene rings is 1. The molecular formula is C18H19N3O4S. The number of anilines is 1. The van der Waals surface area contributed by atoms with Crippen LogP contribution in [0.15, 0.2) is 34.9 Å². The minimum Gasteiger partial charge on any atom is -0.459 e. The van der Waals surface area contributed by atoms with Gasteiger partial charge in [-0.05, 0) is 49.9 Å². The van der Waals surface area contributed by atoms with Crippen LogP contribution in [0.1, 0.15) is 45.9 Å². The number of amides is 3. The molecule has 1 aliphatic carbocycles. The van der Waals surface area contributed by atoms with Crippen LogP contribution in [0, 0.1) is 0 Å². The molecule has 1 unspecified atom stereocenters. The average Bonchev–Trinajstić information content (AvgIpc) is 3.10. The molecule has 2 aromatic rings. The maximum absolute atomic E-state index is 12.8. The van der Waals surface area contributed by atoms with Gasteiger partial charge in [0.25, 0.3) is 11.8 Å². The first kappa shape index (κ1) is 16.8. The van der Waals surface area contributed by atoms with Gasteiger partial charge in [0.2, 0.25) is 5.91 Å². The van der Waals surface area contributed by atoms with Crippen LogP contribution in [0.3, 0.4) is 0 Å². The lowest BCUT2D eigenvalue weighted by Crippen LogP contribution is -2.46. The Morgan fingerprint density at radius 1 is 1.15 bits per heavy atom. The first-order valence-electron chi connectivity index (χ1n) is 8.68. The molecule has 4 rings (SSSR count). The van der Waals surface area contributed by atoms with Gasteiger partial charge in [-0.15, -0.1) is 11.3 Å². The molecule has 136 valence electrons. The Morgan fingerprint density at radius 2 is 2.00 bits per heavy atom. The zero-order valence-corrected chi connectivity index (χ0v) is 14.9. The number of hydrogen-bond donors (Lipinski definition) is 2. The number of nitrogens with zero attached hydrogens (tertiary/aromatic N) is 1. The number of hydrogen-bond acceptors (Lipinski definition) is 5. The second-order valence-electron chi connectivity index (χ2n) is 6.53. The summed E-state index contributed by atoms with van der Waals surface area (Å²) in [6.07, 6.45) is 4.99. The van der Waals surface area contributed by atoms with E-state index in [9.17, 15) is 14.4 Å². The maximum atomic E-state index is 12.8. The highest BCUT2D eigenvalue weighted by Gasteiger charge is 2.37. The Balaban J connectivity index is 1.42. The molecule has 0 radical (unpaired) electrons. The number of rotatable bonds is 5. The molecule has 0 spiro atoms. The summed E-state index contributed by atoms with van der Waals surface area (Å²) in [5.41, 5.74) is 0. The normalized spacial score (nSPS) is 19.4. The van der Waals surface area contributed by atoms with E-state index >= 15 is 0 Å². The number of furan rings is 1. The fourth-order valence-corrected chi connectivity index (χ4v) is 3.91. The second kappa shape index (κ2) is 6.95. The SMILES string of the molecule is O=C(Nc1ccc(C(=O)N2CCCC2C(=O)NC2CC2)s1)c1ccco1. The van der Waals surface area contributed by atoms with Gasteiger partial charge in [-0.3, -0.25) is 14.4 Å². The lowest BCUT2D eigenvalue weighted by Gasteiger charge is -2.23. The molecule has 1 aliphatic heterocycles. The van der Waals surface area contributed by atoms with Crippen LogP contribution in [0.25, 0.3) is 0 Å². The van der Waals surface area contributed by atoms with E-state index in [1.165, 1.54) is 17.6 Å².